The van der Waals surface area contributed by atoms with Crippen molar-refractivity contribution in [2.45, 2.75) is 84.0 Å². The predicted molar refractivity (Wildman–Crippen MR) is 111 cm³/mol. The molecule has 1 fully saturated rings. The second-order valence-electron chi connectivity index (χ2n) is 7.92. The molecule has 29 heavy (non-hydrogen) atoms. The SMILES string of the molecule is CC(C)NC(=O)NCc1ccc(C(=O)O[C@@H](C)C(=O)NC2CCCCCC2)cc1. The zero-order chi connectivity index (χ0) is 21.2. The molecule has 0 spiro atoms. The minimum Gasteiger partial charge on any atom is -0.449 e. The Balaban J connectivity index is 1.80. The number of esters is 1. The lowest BCUT2D eigenvalue weighted by Crippen LogP contribution is -2.41. The van der Waals surface area contributed by atoms with Gasteiger partial charge in [-0.15, -0.1) is 0 Å². The van der Waals surface area contributed by atoms with Gasteiger partial charge >= 0.3 is 12.0 Å². The highest BCUT2D eigenvalue weighted by Crippen LogP contribution is 2.17. The zero-order valence-corrected chi connectivity index (χ0v) is 17.6. The molecule has 0 unspecified atom stereocenters. The molecule has 0 radical (unpaired) electrons. The number of benzene rings is 1. The molecule has 1 saturated carbocycles. The lowest BCUT2D eigenvalue weighted by atomic mass is 10.1. The first kappa shape index (κ1) is 22.7. The van der Waals surface area contributed by atoms with E-state index in [1.165, 1.54) is 12.8 Å². The highest BCUT2D eigenvalue weighted by Gasteiger charge is 2.22. The van der Waals surface area contributed by atoms with E-state index in [4.69, 9.17) is 4.74 Å². The van der Waals surface area contributed by atoms with Crippen LogP contribution in [-0.4, -0.2) is 36.1 Å². The maximum absolute atomic E-state index is 12.3. The molecular weight excluding hydrogens is 370 g/mol. The van der Waals surface area contributed by atoms with Crippen LogP contribution in [0.4, 0.5) is 4.79 Å². The van der Waals surface area contributed by atoms with Gasteiger partial charge in [0.05, 0.1) is 5.56 Å². The summed E-state index contributed by atoms with van der Waals surface area (Å²) in [6.07, 6.45) is 5.80. The Bertz CT molecular complexity index is 680. The summed E-state index contributed by atoms with van der Waals surface area (Å²) in [7, 11) is 0. The van der Waals surface area contributed by atoms with Crippen LogP contribution in [0, 0.1) is 0 Å². The van der Waals surface area contributed by atoms with Crippen molar-refractivity contribution >= 4 is 17.9 Å². The molecule has 0 bridgehead atoms. The Morgan fingerprint density at radius 2 is 1.62 bits per heavy atom. The molecule has 0 aromatic heterocycles. The minimum absolute atomic E-state index is 0.0638. The van der Waals surface area contributed by atoms with Crippen LogP contribution in [0.15, 0.2) is 24.3 Å². The van der Waals surface area contributed by atoms with Gasteiger partial charge in [0.15, 0.2) is 6.10 Å². The number of nitrogens with one attached hydrogen (secondary N) is 3. The number of hydrogen-bond donors (Lipinski definition) is 3. The van der Waals surface area contributed by atoms with Crippen molar-refractivity contribution in [3.8, 4) is 0 Å². The maximum atomic E-state index is 12.3. The van der Waals surface area contributed by atoms with Crippen molar-refractivity contribution in [1.29, 1.82) is 0 Å². The van der Waals surface area contributed by atoms with Gasteiger partial charge in [-0.25, -0.2) is 9.59 Å². The summed E-state index contributed by atoms with van der Waals surface area (Å²) in [6, 6.07) is 6.77. The second-order valence-corrected chi connectivity index (χ2v) is 7.92. The molecule has 0 saturated heterocycles. The fraction of sp³-hybridized carbons (Fsp3) is 0.591. The minimum atomic E-state index is -0.841. The van der Waals surface area contributed by atoms with Crippen molar-refractivity contribution in [3.05, 3.63) is 35.4 Å². The Hall–Kier alpha value is -2.57. The molecule has 2 rings (SSSR count). The smallest absolute Gasteiger partial charge is 0.338 e. The van der Waals surface area contributed by atoms with Gasteiger partial charge < -0.3 is 20.7 Å². The second kappa shape index (κ2) is 11.4. The quantitative estimate of drug-likeness (QED) is 0.481. The molecule has 7 heteroatoms. The van der Waals surface area contributed by atoms with E-state index in [1.807, 2.05) is 13.8 Å². The van der Waals surface area contributed by atoms with E-state index in [0.717, 1.165) is 31.2 Å². The van der Waals surface area contributed by atoms with Gasteiger partial charge in [0, 0.05) is 18.6 Å². The summed E-state index contributed by atoms with van der Waals surface area (Å²) in [5.74, 6) is -0.784. The van der Waals surface area contributed by atoms with Gasteiger partial charge in [0.1, 0.15) is 0 Å². The van der Waals surface area contributed by atoms with Gasteiger partial charge in [0.2, 0.25) is 0 Å². The van der Waals surface area contributed by atoms with E-state index < -0.39 is 12.1 Å². The molecule has 7 nitrogen and oxygen atoms in total. The zero-order valence-electron chi connectivity index (χ0n) is 17.6. The average molecular weight is 404 g/mol. The summed E-state index contributed by atoms with van der Waals surface area (Å²) in [5.41, 5.74) is 1.23. The maximum Gasteiger partial charge on any atom is 0.338 e. The van der Waals surface area contributed by atoms with Crippen molar-refractivity contribution in [1.82, 2.24) is 16.0 Å². The number of amides is 3. The highest BCUT2D eigenvalue weighted by molar-refractivity contribution is 5.92. The normalized spacial score (nSPS) is 15.9. The molecule has 1 aliphatic carbocycles. The number of carbonyl (C=O) groups is 3. The van der Waals surface area contributed by atoms with Crippen molar-refractivity contribution in [2.24, 2.45) is 0 Å². The fourth-order valence-electron chi connectivity index (χ4n) is 3.28. The lowest BCUT2D eigenvalue weighted by Gasteiger charge is -2.19. The standard InChI is InChI=1S/C22H33N3O4/c1-15(2)24-22(28)23-14-17-10-12-18(13-11-17)21(27)29-16(3)20(26)25-19-8-6-4-5-7-9-19/h10-13,15-16,19H,4-9,14H2,1-3H3,(H,25,26)(H2,23,24,28)/t16-/m0/s1. The molecule has 1 aromatic rings. The van der Waals surface area contributed by atoms with E-state index in [1.54, 1.807) is 31.2 Å². The molecule has 1 atom stereocenters. The van der Waals surface area contributed by atoms with Crippen LogP contribution in [0.3, 0.4) is 0 Å². The molecule has 160 valence electrons. The largest absolute Gasteiger partial charge is 0.449 e. The number of carbonyl (C=O) groups excluding carboxylic acids is 3. The third-order valence-electron chi connectivity index (χ3n) is 4.92. The molecule has 3 amide bonds. The van der Waals surface area contributed by atoms with Gasteiger partial charge in [0.25, 0.3) is 5.91 Å². The Morgan fingerprint density at radius 3 is 2.21 bits per heavy atom. The van der Waals surface area contributed by atoms with E-state index in [-0.39, 0.29) is 24.0 Å². The number of ether oxygens (including phenoxy) is 1. The number of rotatable bonds is 7. The van der Waals surface area contributed by atoms with Crippen LogP contribution >= 0.6 is 0 Å². The van der Waals surface area contributed by atoms with E-state index in [9.17, 15) is 14.4 Å². The summed E-state index contributed by atoms with van der Waals surface area (Å²) in [6.45, 7) is 5.72. The van der Waals surface area contributed by atoms with Crippen molar-refractivity contribution < 1.29 is 19.1 Å². The van der Waals surface area contributed by atoms with Gasteiger partial charge in [-0.3, -0.25) is 4.79 Å². The van der Waals surface area contributed by atoms with Gasteiger partial charge in [-0.1, -0.05) is 37.8 Å². The molecule has 3 N–H and O–H groups in total. The van der Waals surface area contributed by atoms with Crippen LogP contribution < -0.4 is 16.0 Å². The van der Waals surface area contributed by atoms with Crippen LogP contribution in [-0.2, 0) is 16.1 Å². The fourth-order valence-corrected chi connectivity index (χ4v) is 3.28. The van der Waals surface area contributed by atoms with E-state index in [2.05, 4.69) is 16.0 Å². The van der Waals surface area contributed by atoms with Gasteiger partial charge in [-0.2, -0.15) is 0 Å². The Kier molecular flexibility index (Phi) is 8.96. The van der Waals surface area contributed by atoms with Crippen molar-refractivity contribution in [2.75, 3.05) is 0 Å². The third kappa shape index (κ3) is 8.13. The summed E-state index contributed by atoms with van der Waals surface area (Å²) >= 11 is 0. The van der Waals surface area contributed by atoms with E-state index >= 15 is 0 Å². The lowest BCUT2D eigenvalue weighted by molar-refractivity contribution is -0.129. The topological polar surface area (TPSA) is 96.5 Å². The average Bonchev–Trinajstić information content (AvgIpc) is 2.94. The molecule has 1 aliphatic rings. The monoisotopic (exact) mass is 403 g/mol. The first-order valence-corrected chi connectivity index (χ1v) is 10.5. The summed E-state index contributed by atoms with van der Waals surface area (Å²) in [5, 5.41) is 8.50. The first-order chi connectivity index (χ1) is 13.8. The van der Waals surface area contributed by atoms with Crippen LogP contribution in [0.1, 0.15) is 75.2 Å². The third-order valence-corrected chi connectivity index (χ3v) is 4.92. The Labute approximate surface area is 173 Å². The first-order valence-electron chi connectivity index (χ1n) is 10.5. The summed E-state index contributed by atoms with van der Waals surface area (Å²) in [4.78, 5) is 36.3. The summed E-state index contributed by atoms with van der Waals surface area (Å²) < 4.78 is 5.32. The Morgan fingerprint density at radius 1 is 1.00 bits per heavy atom. The number of urea groups is 1. The highest BCUT2D eigenvalue weighted by atomic mass is 16.5. The van der Waals surface area contributed by atoms with Crippen LogP contribution in [0.2, 0.25) is 0 Å². The molecule has 1 aromatic carbocycles. The predicted octanol–water partition coefficient (Wildman–Crippen LogP) is 3.28. The van der Waals surface area contributed by atoms with Crippen LogP contribution in [0.5, 0.6) is 0 Å². The van der Waals surface area contributed by atoms with Crippen LogP contribution in [0.25, 0.3) is 0 Å². The van der Waals surface area contributed by atoms with Crippen molar-refractivity contribution in [3.63, 3.8) is 0 Å². The van der Waals surface area contributed by atoms with Gasteiger partial charge in [-0.05, 0) is 51.3 Å². The molecule has 0 aliphatic heterocycles. The molecule has 0 heterocycles. The van der Waals surface area contributed by atoms with E-state index in [0.29, 0.717) is 12.1 Å². The number of hydrogen-bond acceptors (Lipinski definition) is 4. The molecular formula is C22H33N3O4.